The molecule has 32 heavy (non-hydrogen) atoms. The highest BCUT2D eigenvalue weighted by Gasteiger charge is 2.18. The Labute approximate surface area is 187 Å². The molecule has 0 spiro atoms. The van der Waals surface area contributed by atoms with Crippen molar-refractivity contribution in [1.82, 2.24) is 4.68 Å². The number of fused-ring (bicyclic) bond motifs is 1. The standard InChI is InChI=1S/C23H22F2N4O2S/c1-3-14(4-2)11-26-29-20(15-5-8-21-19(9-15)27-22(30)12-31-21)13-32-23(29)28-18-7-6-16(24)10-17(18)25/h5-11,13-14H,3-4,12H2,1-2H3,(H,27,30). The van der Waals surface area contributed by atoms with Gasteiger partial charge in [0.25, 0.3) is 5.91 Å². The van der Waals surface area contributed by atoms with Gasteiger partial charge in [-0.1, -0.05) is 13.8 Å². The first kappa shape index (κ1) is 21.9. The smallest absolute Gasteiger partial charge is 0.262 e. The Morgan fingerprint density at radius 2 is 2.03 bits per heavy atom. The normalized spacial score (nSPS) is 14.0. The van der Waals surface area contributed by atoms with Crippen molar-refractivity contribution in [2.24, 2.45) is 16.0 Å². The molecule has 0 unspecified atom stereocenters. The fraction of sp³-hybridized carbons (Fsp3) is 0.261. The van der Waals surface area contributed by atoms with Gasteiger partial charge in [-0.3, -0.25) is 4.79 Å². The van der Waals surface area contributed by atoms with Crippen LogP contribution in [0.3, 0.4) is 0 Å². The quantitative estimate of drug-likeness (QED) is 0.510. The number of anilines is 1. The molecular formula is C23H22F2N4O2S. The molecule has 166 valence electrons. The number of aromatic nitrogens is 1. The van der Waals surface area contributed by atoms with Crippen molar-refractivity contribution in [3.63, 3.8) is 0 Å². The summed E-state index contributed by atoms with van der Waals surface area (Å²) < 4.78 is 34.6. The van der Waals surface area contributed by atoms with Gasteiger partial charge in [0.2, 0.25) is 4.80 Å². The number of halogens is 2. The third-order valence-corrected chi connectivity index (χ3v) is 5.98. The Hall–Kier alpha value is -3.33. The molecule has 1 amide bonds. The van der Waals surface area contributed by atoms with E-state index in [9.17, 15) is 13.6 Å². The fourth-order valence-electron chi connectivity index (χ4n) is 3.26. The summed E-state index contributed by atoms with van der Waals surface area (Å²) in [5.41, 5.74) is 2.11. The Bertz CT molecular complexity index is 1250. The Morgan fingerprint density at radius 1 is 1.22 bits per heavy atom. The molecule has 2 aromatic carbocycles. The molecule has 1 aliphatic rings. The number of carbonyl (C=O) groups is 1. The number of rotatable bonds is 6. The number of nitrogens with one attached hydrogen (secondary N) is 1. The van der Waals surface area contributed by atoms with E-state index < -0.39 is 11.6 Å². The van der Waals surface area contributed by atoms with E-state index in [0.717, 1.165) is 30.2 Å². The van der Waals surface area contributed by atoms with Crippen LogP contribution in [-0.4, -0.2) is 23.4 Å². The van der Waals surface area contributed by atoms with Gasteiger partial charge in [-0.15, -0.1) is 11.3 Å². The van der Waals surface area contributed by atoms with Crippen LogP contribution in [0.1, 0.15) is 26.7 Å². The molecule has 1 N–H and O–H groups in total. The highest BCUT2D eigenvalue weighted by molar-refractivity contribution is 7.07. The second-order valence-corrected chi connectivity index (χ2v) is 8.15. The van der Waals surface area contributed by atoms with Crippen LogP contribution in [0.25, 0.3) is 11.3 Å². The number of benzene rings is 2. The predicted molar refractivity (Wildman–Crippen MR) is 121 cm³/mol. The van der Waals surface area contributed by atoms with Crippen LogP contribution in [-0.2, 0) is 4.79 Å². The SMILES string of the molecule is CCC(C=Nn1c(-c2ccc3c(c2)NC(=O)CO3)csc1=Nc1ccc(F)cc1F)CC. The average Bonchev–Trinajstić information content (AvgIpc) is 3.18. The molecular weight excluding hydrogens is 434 g/mol. The summed E-state index contributed by atoms with van der Waals surface area (Å²) in [7, 11) is 0. The Kier molecular flexibility index (Phi) is 6.45. The van der Waals surface area contributed by atoms with Gasteiger partial charge in [0.1, 0.15) is 17.3 Å². The van der Waals surface area contributed by atoms with Gasteiger partial charge in [0, 0.05) is 23.2 Å². The van der Waals surface area contributed by atoms with E-state index in [4.69, 9.17) is 4.74 Å². The molecule has 2 heterocycles. The molecule has 0 aliphatic carbocycles. The van der Waals surface area contributed by atoms with Crippen molar-refractivity contribution in [2.75, 3.05) is 11.9 Å². The molecule has 0 saturated carbocycles. The minimum absolute atomic E-state index is 0.0171. The van der Waals surface area contributed by atoms with Gasteiger partial charge in [-0.2, -0.15) is 5.10 Å². The van der Waals surface area contributed by atoms with E-state index >= 15 is 0 Å². The highest BCUT2D eigenvalue weighted by atomic mass is 32.1. The summed E-state index contributed by atoms with van der Waals surface area (Å²) >= 11 is 1.29. The molecule has 3 aromatic rings. The van der Waals surface area contributed by atoms with E-state index in [0.29, 0.717) is 16.2 Å². The molecule has 4 rings (SSSR count). The van der Waals surface area contributed by atoms with Crippen LogP contribution in [0, 0.1) is 17.6 Å². The van der Waals surface area contributed by atoms with Crippen molar-refractivity contribution in [3.05, 3.63) is 58.2 Å². The van der Waals surface area contributed by atoms with Gasteiger partial charge in [0.15, 0.2) is 12.4 Å². The summed E-state index contributed by atoms with van der Waals surface area (Å²) in [5.74, 6) is -0.756. The fourth-order valence-corrected chi connectivity index (χ4v) is 4.11. The third kappa shape index (κ3) is 4.62. The zero-order valence-corrected chi connectivity index (χ0v) is 18.5. The Balaban J connectivity index is 1.83. The van der Waals surface area contributed by atoms with Gasteiger partial charge in [-0.05, 0) is 49.1 Å². The molecule has 6 nitrogen and oxygen atoms in total. The van der Waals surface area contributed by atoms with Crippen LogP contribution in [0.2, 0.25) is 0 Å². The van der Waals surface area contributed by atoms with Crippen LogP contribution in [0.4, 0.5) is 20.2 Å². The summed E-state index contributed by atoms with van der Waals surface area (Å²) in [5, 5.41) is 9.31. The highest BCUT2D eigenvalue weighted by Crippen LogP contribution is 2.33. The summed E-state index contributed by atoms with van der Waals surface area (Å²) in [6, 6.07) is 8.72. The van der Waals surface area contributed by atoms with E-state index in [1.165, 1.54) is 23.5 Å². The first-order chi connectivity index (χ1) is 15.5. The zero-order valence-electron chi connectivity index (χ0n) is 17.6. The lowest BCUT2D eigenvalue weighted by Gasteiger charge is -2.18. The van der Waals surface area contributed by atoms with Crippen molar-refractivity contribution < 1.29 is 18.3 Å². The van der Waals surface area contributed by atoms with E-state index in [-0.39, 0.29) is 24.1 Å². The minimum Gasteiger partial charge on any atom is -0.482 e. The lowest BCUT2D eigenvalue weighted by molar-refractivity contribution is -0.118. The number of thiazole rings is 1. The van der Waals surface area contributed by atoms with E-state index in [1.807, 2.05) is 17.7 Å². The molecule has 0 bridgehead atoms. The molecule has 0 radical (unpaired) electrons. The predicted octanol–water partition coefficient (Wildman–Crippen LogP) is 5.33. The van der Waals surface area contributed by atoms with Crippen molar-refractivity contribution >= 4 is 34.8 Å². The number of nitrogens with zero attached hydrogens (tertiary/aromatic N) is 3. The maximum Gasteiger partial charge on any atom is 0.262 e. The van der Waals surface area contributed by atoms with Gasteiger partial charge >= 0.3 is 0 Å². The van der Waals surface area contributed by atoms with Crippen molar-refractivity contribution in [2.45, 2.75) is 26.7 Å². The minimum atomic E-state index is -0.746. The molecule has 0 fully saturated rings. The van der Waals surface area contributed by atoms with E-state index in [2.05, 4.69) is 29.3 Å². The number of ether oxygens (including phenoxy) is 1. The lowest BCUT2D eigenvalue weighted by Crippen LogP contribution is -2.25. The average molecular weight is 457 g/mol. The number of amides is 1. The maximum absolute atomic E-state index is 14.2. The number of carbonyl (C=O) groups excluding carboxylic acids is 1. The molecule has 0 saturated heterocycles. The van der Waals surface area contributed by atoms with Gasteiger partial charge in [-0.25, -0.2) is 18.4 Å². The molecule has 1 aromatic heterocycles. The Morgan fingerprint density at radius 3 is 2.78 bits per heavy atom. The number of hydrogen-bond acceptors (Lipinski definition) is 5. The maximum atomic E-state index is 14.2. The van der Waals surface area contributed by atoms with Gasteiger partial charge in [0.05, 0.1) is 11.4 Å². The largest absolute Gasteiger partial charge is 0.482 e. The number of hydrogen-bond donors (Lipinski definition) is 1. The summed E-state index contributed by atoms with van der Waals surface area (Å²) in [4.78, 5) is 16.5. The topological polar surface area (TPSA) is 68.0 Å². The second-order valence-electron chi connectivity index (χ2n) is 7.31. The zero-order chi connectivity index (χ0) is 22.7. The monoisotopic (exact) mass is 456 g/mol. The van der Waals surface area contributed by atoms with Crippen molar-refractivity contribution in [3.8, 4) is 17.0 Å². The first-order valence-corrected chi connectivity index (χ1v) is 11.2. The van der Waals surface area contributed by atoms with E-state index in [1.54, 1.807) is 16.8 Å². The van der Waals surface area contributed by atoms with Crippen molar-refractivity contribution in [1.29, 1.82) is 0 Å². The van der Waals surface area contributed by atoms with Crippen LogP contribution >= 0.6 is 11.3 Å². The van der Waals surface area contributed by atoms with Crippen LogP contribution in [0.5, 0.6) is 5.75 Å². The summed E-state index contributed by atoms with van der Waals surface area (Å²) in [6.45, 7) is 4.16. The first-order valence-electron chi connectivity index (χ1n) is 10.3. The molecule has 9 heteroatoms. The molecule has 0 atom stereocenters. The lowest BCUT2D eigenvalue weighted by atomic mass is 10.1. The third-order valence-electron chi connectivity index (χ3n) is 5.16. The second kappa shape index (κ2) is 9.44. The summed E-state index contributed by atoms with van der Waals surface area (Å²) in [6.07, 6.45) is 3.72. The van der Waals surface area contributed by atoms with Crippen LogP contribution < -0.4 is 14.9 Å². The van der Waals surface area contributed by atoms with Gasteiger partial charge < -0.3 is 10.1 Å². The van der Waals surface area contributed by atoms with Crippen LogP contribution in [0.15, 0.2) is 51.9 Å². The molecule has 1 aliphatic heterocycles.